The van der Waals surface area contributed by atoms with Crippen molar-refractivity contribution in [1.82, 2.24) is 35.3 Å². The van der Waals surface area contributed by atoms with Gasteiger partial charge in [-0.05, 0) is 44.1 Å². The van der Waals surface area contributed by atoms with Gasteiger partial charge >= 0.3 is 6.01 Å². The molecule has 0 aromatic carbocycles. The number of halogens is 2. The number of allylic oxidation sites excluding steroid dienone is 3. The van der Waals surface area contributed by atoms with E-state index in [1.54, 1.807) is 35.8 Å². The SMILES string of the molecule is C/C1=C/C(C)=C(/CNC(=O)c2nc(OCCN3CC(F)(F)C3)nc(-c3ccnn3C)c2C)COCN1. The highest BCUT2D eigenvalue weighted by Gasteiger charge is 2.43. The summed E-state index contributed by atoms with van der Waals surface area (Å²) in [4.78, 5) is 23.7. The number of aryl methyl sites for hydroxylation is 1. The van der Waals surface area contributed by atoms with Gasteiger partial charge in [-0.3, -0.25) is 14.4 Å². The van der Waals surface area contributed by atoms with Gasteiger partial charge in [0.1, 0.15) is 19.0 Å². The topological polar surface area (TPSA) is 106 Å². The number of likely N-dealkylation sites (tertiary alicyclic amines) is 1. The predicted molar refractivity (Wildman–Crippen MR) is 129 cm³/mol. The molecular formula is C24H31F2N7O3. The fraction of sp³-hybridized carbons (Fsp3) is 0.500. The van der Waals surface area contributed by atoms with E-state index in [-0.39, 0.29) is 43.9 Å². The monoisotopic (exact) mass is 503 g/mol. The van der Waals surface area contributed by atoms with Gasteiger partial charge in [0.05, 0.1) is 31.1 Å². The summed E-state index contributed by atoms with van der Waals surface area (Å²) in [6.07, 6.45) is 3.65. The Balaban J connectivity index is 1.53. The van der Waals surface area contributed by atoms with Crippen molar-refractivity contribution >= 4 is 5.91 Å². The third kappa shape index (κ3) is 6.05. The lowest BCUT2D eigenvalue weighted by Gasteiger charge is -2.38. The van der Waals surface area contributed by atoms with Crippen LogP contribution in [0.3, 0.4) is 0 Å². The zero-order valence-corrected chi connectivity index (χ0v) is 20.9. The van der Waals surface area contributed by atoms with Crippen molar-refractivity contribution in [3.05, 3.63) is 46.4 Å². The standard InChI is InChI=1S/C24H31F2N7O3/c1-15-9-16(2)28-14-35-11-18(15)10-27-22(34)21-17(3)20(19-5-6-29-32(19)4)30-23(31-21)36-8-7-33-12-24(25,26)13-33/h5-6,9,28H,7-8,10-14H2,1-4H3,(H,27,34)/b16-9-,18-15-. The molecule has 0 bridgehead atoms. The molecule has 2 aromatic rings. The molecule has 1 fully saturated rings. The number of amides is 1. The smallest absolute Gasteiger partial charge is 0.317 e. The quantitative estimate of drug-likeness (QED) is 0.564. The lowest BCUT2D eigenvalue weighted by atomic mass is 10.1. The second-order valence-electron chi connectivity index (χ2n) is 9.05. The van der Waals surface area contributed by atoms with Gasteiger partial charge in [0.2, 0.25) is 0 Å². The minimum absolute atomic E-state index is 0.00329. The highest BCUT2D eigenvalue weighted by Crippen LogP contribution is 2.27. The number of rotatable bonds is 8. The van der Waals surface area contributed by atoms with Crippen molar-refractivity contribution in [2.75, 3.05) is 46.1 Å². The van der Waals surface area contributed by atoms with Crippen LogP contribution in [0.15, 0.2) is 35.2 Å². The summed E-state index contributed by atoms with van der Waals surface area (Å²) in [6, 6.07) is 1.79. The maximum atomic E-state index is 13.2. The number of hydrogen-bond donors (Lipinski definition) is 2. The first-order valence-corrected chi connectivity index (χ1v) is 11.7. The summed E-state index contributed by atoms with van der Waals surface area (Å²) in [6.45, 7) is 6.61. The zero-order valence-electron chi connectivity index (χ0n) is 20.9. The van der Waals surface area contributed by atoms with Crippen LogP contribution in [0.2, 0.25) is 0 Å². The van der Waals surface area contributed by atoms with Crippen LogP contribution in [-0.2, 0) is 11.8 Å². The molecule has 0 saturated carbocycles. The van der Waals surface area contributed by atoms with E-state index in [1.807, 2.05) is 19.9 Å². The van der Waals surface area contributed by atoms with E-state index in [2.05, 4.69) is 25.7 Å². The third-order valence-corrected chi connectivity index (χ3v) is 6.13. The molecule has 4 heterocycles. The minimum atomic E-state index is -2.64. The molecule has 0 radical (unpaired) electrons. The number of ether oxygens (including phenoxy) is 2. The molecular weight excluding hydrogens is 472 g/mol. The maximum absolute atomic E-state index is 13.2. The average Bonchev–Trinajstić information content (AvgIpc) is 3.22. The van der Waals surface area contributed by atoms with Crippen molar-refractivity contribution in [2.24, 2.45) is 7.05 Å². The predicted octanol–water partition coefficient (Wildman–Crippen LogP) is 2.04. The molecule has 0 unspecified atom stereocenters. The summed E-state index contributed by atoms with van der Waals surface area (Å²) >= 11 is 0. The first kappa shape index (κ1) is 25.7. The second-order valence-corrected chi connectivity index (χ2v) is 9.05. The first-order valence-electron chi connectivity index (χ1n) is 11.7. The van der Waals surface area contributed by atoms with Gasteiger partial charge in [-0.2, -0.15) is 15.1 Å². The number of carbonyl (C=O) groups excluding carboxylic acids is 1. The fourth-order valence-corrected chi connectivity index (χ4v) is 4.06. The van der Waals surface area contributed by atoms with Crippen molar-refractivity contribution < 1.29 is 23.0 Å². The molecule has 4 rings (SSSR count). The van der Waals surface area contributed by atoms with Crippen LogP contribution >= 0.6 is 0 Å². The van der Waals surface area contributed by atoms with E-state index in [0.717, 1.165) is 16.8 Å². The van der Waals surface area contributed by atoms with Crippen LogP contribution in [0.1, 0.15) is 29.9 Å². The van der Waals surface area contributed by atoms with Crippen LogP contribution in [0.4, 0.5) is 8.78 Å². The number of nitrogens with one attached hydrogen (secondary N) is 2. The van der Waals surface area contributed by atoms with Crippen molar-refractivity contribution in [2.45, 2.75) is 26.7 Å². The summed E-state index contributed by atoms with van der Waals surface area (Å²) < 4.78 is 39.1. The molecule has 10 nitrogen and oxygen atoms in total. The Kier molecular flexibility index (Phi) is 7.65. The molecule has 0 aliphatic carbocycles. The summed E-state index contributed by atoms with van der Waals surface area (Å²) in [5, 5.41) is 10.3. The summed E-state index contributed by atoms with van der Waals surface area (Å²) in [7, 11) is 1.77. The van der Waals surface area contributed by atoms with Gasteiger partial charge < -0.3 is 20.1 Å². The third-order valence-electron chi connectivity index (χ3n) is 6.13. The molecule has 12 heteroatoms. The van der Waals surface area contributed by atoms with Crippen LogP contribution in [-0.4, -0.2) is 82.6 Å². The minimum Gasteiger partial charge on any atom is -0.462 e. The number of hydrogen-bond acceptors (Lipinski definition) is 8. The number of carbonyl (C=O) groups is 1. The molecule has 36 heavy (non-hydrogen) atoms. The van der Waals surface area contributed by atoms with Crippen LogP contribution in [0.25, 0.3) is 11.4 Å². The molecule has 2 N–H and O–H groups in total. The number of nitrogens with zero attached hydrogens (tertiary/aromatic N) is 5. The molecule has 2 aliphatic heterocycles. The van der Waals surface area contributed by atoms with E-state index in [0.29, 0.717) is 36.8 Å². The maximum Gasteiger partial charge on any atom is 0.317 e. The lowest BCUT2D eigenvalue weighted by Crippen LogP contribution is -2.57. The molecule has 1 amide bonds. The normalized spacial score (nSPS) is 21.4. The van der Waals surface area contributed by atoms with Crippen LogP contribution in [0.5, 0.6) is 6.01 Å². The molecule has 0 atom stereocenters. The van der Waals surface area contributed by atoms with Crippen LogP contribution in [0, 0.1) is 6.92 Å². The Morgan fingerprint density at radius 2 is 2.06 bits per heavy atom. The Morgan fingerprint density at radius 1 is 1.28 bits per heavy atom. The van der Waals surface area contributed by atoms with Gasteiger partial charge in [0.25, 0.3) is 11.8 Å². The number of alkyl halides is 2. The molecule has 2 aromatic heterocycles. The van der Waals surface area contributed by atoms with E-state index in [9.17, 15) is 13.6 Å². The molecule has 1 saturated heterocycles. The van der Waals surface area contributed by atoms with Gasteiger partial charge in [-0.1, -0.05) is 0 Å². The summed E-state index contributed by atoms with van der Waals surface area (Å²) in [5.41, 5.74) is 4.88. The zero-order chi connectivity index (χ0) is 25.9. The summed E-state index contributed by atoms with van der Waals surface area (Å²) in [5.74, 6) is -3.02. The molecule has 0 spiro atoms. The highest BCUT2D eigenvalue weighted by atomic mass is 19.3. The van der Waals surface area contributed by atoms with Gasteiger partial charge in [-0.25, -0.2) is 8.78 Å². The Hall–Kier alpha value is -3.38. The van der Waals surface area contributed by atoms with Crippen molar-refractivity contribution in [3.63, 3.8) is 0 Å². The molecule has 194 valence electrons. The van der Waals surface area contributed by atoms with E-state index in [1.165, 1.54) is 0 Å². The van der Waals surface area contributed by atoms with Crippen molar-refractivity contribution in [3.8, 4) is 17.4 Å². The Bertz CT molecular complexity index is 1180. The fourth-order valence-electron chi connectivity index (χ4n) is 4.06. The molecule has 2 aliphatic rings. The largest absolute Gasteiger partial charge is 0.462 e. The van der Waals surface area contributed by atoms with Gasteiger partial charge in [0.15, 0.2) is 0 Å². The van der Waals surface area contributed by atoms with E-state index < -0.39 is 5.92 Å². The number of aromatic nitrogens is 4. The van der Waals surface area contributed by atoms with E-state index in [4.69, 9.17) is 9.47 Å². The van der Waals surface area contributed by atoms with Crippen LogP contribution < -0.4 is 15.4 Å². The first-order chi connectivity index (χ1) is 17.1. The van der Waals surface area contributed by atoms with Gasteiger partial charge in [-0.15, -0.1) is 0 Å². The Morgan fingerprint density at radius 3 is 2.75 bits per heavy atom. The Labute approximate surface area is 208 Å². The van der Waals surface area contributed by atoms with Gasteiger partial charge in [0, 0.05) is 37.6 Å². The highest BCUT2D eigenvalue weighted by molar-refractivity contribution is 5.95. The van der Waals surface area contributed by atoms with E-state index >= 15 is 0 Å². The average molecular weight is 504 g/mol. The second kappa shape index (κ2) is 10.7. The van der Waals surface area contributed by atoms with Crippen molar-refractivity contribution in [1.29, 1.82) is 0 Å². The lowest BCUT2D eigenvalue weighted by molar-refractivity contribution is -0.132.